The highest BCUT2D eigenvalue weighted by Gasteiger charge is 2.33. The summed E-state index contributed by atoms with van der Waals surface area (Å²) in [7, 11) is 0. The lowest BCUT2D eigenvalue weighted by atomic mass is 9.78. The number of nitrogens with one attached hydrogen (secondary N) is 1. The van der Waals surface area contributed by atoms with E-state index in [0.717, 1.165) is 12.8 Å². The van der Waals surface area contributed by atoms with E-state index >= 15 is 0 Å². The maximum atomic E-state index is 11.4. The first kappa shape index (κ1) is 12.0. The van der Waals surface area contributed by atoms with E-state index < -0.39 is 5.91 Å². The van der Waals surface area contributed by atoms with Crippen LogP contribution in [0.3, 0.4) is 0 Å². The molecule has 0 unspecified atom stereocenters. The molecule has 0 spiro atoms. The summed E-state index contributed by atoms with van der Waals surface area (Å²) in [5.74, 6) is -0.523. The maximum Gasteiger partial charge on any atom is 0.250 e. The predicted molar refractivity (Wildman–Crippen MR) is 70.3 cm³/mol. The maximum absolute atomic E-state index is 11.4. The lowest BCUT2D eigenvalue weighted by Gasteiger charge is -2.40. The molecule has 1 saturated carbocycles. The zero-order valence-corrected chi connectivity index (χ0v) is 10.5. The van der Waals surface area contributed by atoms with Crippen molar-refractivity contribution in [2.24, 2.45) is 5.73 Å². The minimum absolute atomic E-state index is 0.00392. The molecule has 0 atom stereocenters. The van der Waals surface area contributed by atoms with Gasteiger partial charge in [0.05, 0.1) is 16.3 Å². The molecule has 0 radical (unpaired) electrons. The highest BCUT2D eigenvalue weighted by atomic mass is 35.5. The van der Waals surface area contributed by atoms with Crippen molar-refractivity contribution in [1.29, 1.82) is 0 Å². The average molecular weight is 254 g/mol. The van der Waals surface area contributed by atoms with Gasteiger partial charge in [0.2, 0.25) is 0 Å². The van der Waals surface area contributed by atoms with E-state index in [1.165, 1.54) is 6.42 Å². The molecule has 0 bridgehead atoms. The smallest absolute Gasteiger partial charge is 0.250 e. The van der Waals surface area contributed by atoms with Crippen molar-refractivity contribution in [3.05, 3.63) is 22.7 Å². The van der Waals surface area contributed by atoms with Gasteiger partial charge in [0.25, 0.3) is 5.91 Å². The zero-order chi connectivity index (χ0) is 12.6. The highest BCUT2D eigenvalue weighted by Crippen LogP contribution is 2.38. The molecule has 1 aliphatic rings. The zero-order valence-electron chi connectivity index (χ0n) is 9.72. The van der Waals surface area contributed by atoms with E-state index in [-0.39, 0.29) is 5.54 Å². The SMILES string of the molecule is CC1(Nc2c(Cl)cc(N)cc2C(N)=O)CCC1. The molecule has 1 aliphatic carbocycles. The molecule has 5 N–H and O–H groups in total. The first-order valence-corrected chi connectivity index (χ1v) is 5.96. The number of carbonyl (C=O) groups is 1. The van der Waals surface area contributed by atoms with Crippen LogP contribution >= 0.6 is 11.6 Å². The Morgan fingerprint density at radius 2 is 2.12 bits per heavy atom. The Bertz CT molecular complexity index is 469. The van der Waals surface area contributed by atoms with Crippen molar-refractivity contribution < 1.29 is 4.79 Å². The normalized spacial score (nSPS) is 17.3. The Morgan fingerprint density at radius 1 is 1.47 bits per heavy atom. The van der Waals surface area contributed by atoms with Crippen LogP contribution in [0.2, 0.25) is 5.02 Å². The van der Waals surface area contributed by atoms with E-state index in [9.17, 15) is 4.79 Å². The van der Waals surface area contributed by atoms with Gasteiger partial charge in [-0.2, -0.15) is 0 Å². The molecule has 0 heterocycles. The van der Waals surface area contributed by atoms with Gasteiger partial charge < -0.3 is 16.8 Å². The number of halogens is 1. The van der Waals surface area contributed by atoms with Crippen molar-refractivity contribution in [3.8, 4) is 0 Å². The summed E-state index contributed by atoms with van der Waals surface area (Å²) in [6.45, 7) is 2.11. The molecule has 0 saturated heterocycles. The molecule has 92 valence electrons. The number of carbonyl (C=O) groups excluding carboxylic acids is 1. The molecule has 0 aliphatic heterocycles. The molecular weight excluding hydrogens is 238 g/mol. The van der Waals surface area contributed by atoms with Crippen LogP contribution in [-0.2, 0) is 0 Å². The molecule has 0 aromatic heterocycles. The quantitative estimate of drug-likeness (QED) is 0.724. The van der Waals surface area contributed by atoms with Gasteiger partial charge in [-0.3, -0.25) is 4.79 Å². The van der Waals surface area contributed by atoms with Crippen LogP contribution in [0.1, 0.15) is 36.5 Å². The van der Waals surface area contributed by atoms with Gasteiger partial charge in [0, 0.05) is 11.2 Å². The summed E-state index contributed by atoms with van der Waals surface area (Å²) >= 11 is 6.12. The Labute approximate surface area is 105 Å². The number of nitrogen functional groups attached to an aromatic ring is 1. The standard InChI is InChI=1S/C12H16ClN3O/c1-12(3-2-4-12)16-10-8(11(15)17)5-7(14)6-9(10)13/h5-6,16H,2-4,14H2,1H3,(H2,15,17). The number of nitrogens with two attached hydrogens (primary N) is 2. The average Bonchev–Trinajstić information content (AvgIpc) is 2.18. The van der Waals surface area contributed by atoms with Gasteiger partial charge in [-0.1, -0.05) is 11.6 Å². The number of benzene rings is 1. The van der Waals surface area contributed by atoms with Crippen LogP contribution < -0.4 is 16.8 Å². The second-order valence-corrected chi connectivity index (χ2v) is 5.24. The molecule has 1 amide bonds. The minimum Gasteiger partial charge on any atom is -0.399 e. The number of hydrogen-bond acceptors (Lipinski definition) is 3. The summed E-state index contributed by atoms with van der Waals surface area (Å²) in [5, 5.41) is 3.75. The number of hydrogen-bond donors (Lipinski definition) is 3. The van der Waals surface area contributed by atoms with E-state index in [0.29, 0.717) is 22.0 Å². The van der Waals surface area contributed by atoms with Crippen LogP contribution in [0.5, 0.6) is 0 Å². The van der Waals surface area contributed by atoms with Crippen molar-refractivity contribution in [1.82, 2.24) is 0 Å². The topological polar surface area (TPSA) is 81.1 Å². The van der Waals surface area contributed by atoms with Crippen LogP contribution in [0.15, 0.2) is 12.1 Å². The third-order valence-electron chi connectivity index (χ3n) is 3.26. The molecule has 1 aromatic rings. The summed E-state index contributed by atoms with van der Waals surface area (Å²) < 4.78 is 0. The number of primary amides is 1. The van der Waals surface area contributed by atoms with Crippen molar-refractivity contribution in [2.75, 3.05) is 11.1 Å². The van der Waals surface area contributed by atoms with Gasteiger partial charge in [0.1, 0.15) is 0 Å². The molecule has 2 rings (SSSR count). The molecule has 1 fully saturated rings. The van der Waals surface area contributed by atoms with Crippen molar-refractivity contribution in [2.45, 2.75) is 31.7 Å². The first-order chi connectivity index (χ1) is 7.91. The van der Waals surface area contributed by atoms with E-state index in [1.807, 2.05) is 0 Å². The van der Waals surface area contributed by atoms with Gasteiger partial charge in [-0.15, -0.1) is 0 Å². The van der Waals surface area contributed by atoms with E-state index in [2.05, 4.69) is 12.2 Å². The Kier molecular flexibility index (Phi) is 2.91. The fourth-order valence-electron chi connectivity index (χ4n) is 2.08. The van der Waals surface area contributed by atoms with Gasteiger partial charge in [-0.05, 0) is 38.3 Å². The Balaban J connectivity index is 2.40. The highest BCUT2D eigenvalue weighted by molar-refractivity contribution is 6.34. The first-order valence-electron chi connectivity index (χ1n) is 5.58. The van der Waals surface area contributed by atoms with E-state index in [4.69, 9.17) is 23.1 Å². The van der Waals surface area contributed by atoms with Crippen molar-refractivity contribution >= 4 is 28.9 Å². The second kappa shape index (κ2) is 4.11. The summed E-state index contributed by atoms with van der Waals surface area (Å²) in [5.41, 5.74) is 12.4. The molecular formula is C12H16ClN3O. The Morgan fingerprint density at radius 3 is 2.59 bits per heavy atom. The largest absolute Gasteiger partial charge is 0.399 e. The summed E-state index contributed by atoms with van der Waals surface area (Å²) in [6.07, 6.45) is 3.31. The van der Waals surface area contributed by atoms with Crippen LogP contribution in [0.25, 0.3) is 0 Å². The minimum atomic E-state index is -0.523. The second-order valence-electron chi connectivity index (χ2n) is 4.83. The van der Waals surface area contributed by atoms with Crippen LogP contribution in [0.4, 0.5) is 11.4 Å². The van der Waals surface area contributed by atoms with Gasteiger partial charge >= 0.3 is 0 Å². The molecule has 1 aromatic carbocycles. The van der Waals surface area contributed by atoms with Gasteiger partial charge in [-0.25, -0.2) is 0 Å². The molecule has 4 nitrogen and oxygen atoms in total. The molecule has 17 heavy (non-hydrogen) atoms. The number of rotatable bonds is 3. The summed E-state index contributed by atoms with van der Waals surface area (Å²) in [6, 6.07) is 3.18. The summed E-state index contributed by atoms with van der Waals surface area (Å²) in [4.78, 5) is 11.4. The Hall–Kier alpha value is -1.42. The fraction of sp³-hybridized carbons (Fsp3) is 0.417. The monoisotopic (exact) mass is 253 g/mol. The third-order valence-corrected chi connectivity index (χ3v) is 3.56. The van der Waals surface area contributed by atoms with Crippen LogP contribution in [0, 0.1) is 0 Å². The third kappa shape index (κ3) is 2.31. The lowest BCUT2D eigenvalue weighted by molar-refractivity contribution is 0.100. The van der Waals surface area contributed by atoms with Crippen LogP contribution in [-0.4, -0.2) is 11.4 Å². The molecule has 5 heteroatoms. The lowest BCUT2D eigenvalue weighted by Crippen LogP contribution is -2.42. The van der Waals surface area contributed by atoms with E-state index in [1.54, 1.807) is 12.1 Å². The van der Waals surface area contributed by atoms with Gasteiger partial charge in [0.15, 0.2) is 0 Å². The predicted octanol–water partition coefficient (Wildman–Crippen LogP) is 2.38. The number of amides is 1. The fourth-order valence-corrected chi connectivity index (χ4v) is 2.36. The number of anilines is 2. The van der Waals surface area contributed by atoms with Crippen molar-refractivity contribution in [3.63, 3.8) is 0 Å².